The van der Waals surface area contributed by atoms with Crippen LogP contribution in [0.2, 0.25) is 0 Å². The molecule has 0 heterocycles. The summed E-state index contributed by atoms with van der Waals surface area (Å²) in [7, 11) is -4.43. The largest absolute Gasteiger partial charge is 0.380 e. The zero-order valence-corrected chi connectivity index (χ0v) is 18.8. The van der Waals surface area contributed by atoms with Crippen LogP contribution in [0.1, 0.15) is 65.2 Å². The third-order valence-electron chi connectivity index (χ3n) is 4.33. The van der Waals surface area contributed by atoms with Gasteiger partial charge in [-0.15, -0.1) is 0 Å². The van der Waals surface area contributed by atoms with Crippen LogP contribution >= 0.6 is 7.60 Å². The van der Waals surface area contributed by atoms with Crippen molar-refractivity contribution in [2.45, 2.75) is 71.1 Å². The number of aliphatic hydroxyl groups is 1. The van der Waals surface area contributed by atoms with Crippen LogP contribution in [0.5, 0.6) is 0 Å². The molecule has 5 heteroatoms. The smallest absolute Gasteiger partial charge is 0.354 e. The lowest BCUT2D eigenvalue weighted by molar-refractivity contribution is 0.143. The van der Waals surface area contributed by atoms with Gasteiger partial charge in [-0.05, 0) is 57.3 Å². The fourth-order valence-corrected chi connectivity index (χ4v) is 3.45. The molecular formula is C24H39O4P. The third-order valence-corrected chi connectivity index (χ3v) is 5.44. The quantitative estimate of drug-likeness (QED) is 0.193. The minimum absolute atomic E-state index is 0.416. The lowest BCUT2D eigenvalue weighted by atomic mass is 10.0. The topological polar surface area (TPSA) is 77.8 Å². The summed E-state index contributed by atoms with van der Waals surface area (Å²) in [5, 5.41) is 9.66. The number of allylic oxidation sites excluding steroid dienone is 12. The van der Waals surface area contributed by atoms with Gasteiger partial charge in [-0.1, -0.05) is 86.8 Å². The molecule has 2 atom stereocenters. The van der Waals surface area contributed by atoms with Crippen molar-refractivity contribution in [1.82, 2.24) is 0 Å². The molecule has 0 aromatic rings. The molecule has 0 bridgehead atoms. The van der Waals surface area contributed by atoms with E-state index < -0.39 is 19.4 Å². The van der Waals surface area contributed by atoms with E-state index in [0.717, 1.165) is 38.5 Å². The molecule has 0 saturated carbocycles. The average molecular weight is 423 g/mol. The predicted octanol–water partition coefficient (Wildman–Crippen LogP) is 6.60. The van der Waals surface area contributed by atoms with Crippen molar-refractivity contribution in [2.75, 3.05) is 0 Å². The predicted molar refractivity (Wildman–Crippen MR) is 125 cm³/mol. The van der Waals surface area contributed by atoms with E-state index in [2.05, 4.69) is 67.7 Å². The van der Waals surface area contributed by atoms with Crippen molar-refractivity contribution in [3.8, 4) is 0 Å². The van der Waals surface area contributed by atoms with Crippen LogP contribution in [-0.4, -0.2) is 20.7 Å². The maximum atomic E-state index is 11.1. The molecule has 0 aromatic carbocycles. The first-order valence-corrected chi connectivity index (χ1v) is 12.2. The van der Waals surface area contributed by atoms with Gasteiger partial charge in [-0.25, -0.2) is 0 Å². The molecule has 0 aliphatic rings. The van der Waals surface area contributed by atoms with Crippen molar-refractivity contribution < 1.29 is 19.5 Å². The maximum absolute atomic E-state index is 11.1. The summed E-state index contributed by atoms with van der Waals surface area (Å²) in [4.78, 5) is 18.1. The molecule has 0 fully saturated rings. The highest BCUT2D eigenvalue weighted by Gasteiger charge is 2.32. The average Bonchev–Trinajstić information content (AvgIpc) is 2.68. The normalized spacial score (nSPS) is 15.9. The monoisotopic (exact) mass is 422 g/mol. The second-order valence-electron chi connectivity index (χ2n) is 6.82. The van der Waals surface area contributed by atoms with Gasteiger partial charge < -0.3 is 14.9 Å². The van der Waals surface area contributed by atoms with Crippen molar-refractivity contribution >= 4 is 7.60 Å². The first-order valence-electron chi connectivity index (χ1n) is 10.6. The van der Waals surface area contributed by atoms with Crippen LogP contribution in [-0.2, 0) is 4.57 Å². The van der Waals surface area contributed by atoms with Crippen molar-refractivity contribution in [2.24, 2.45) is 5.92 Å². The first kappa shape index (κ1) is 27.5. The Morgan fingerprint density at radius 3 is 1.31 bits per heavy atom. The molecule has 0 saturated heterocycles. The molecule has 0 spiro atoms. The van der Waals surface area contributed by atoms with E-state index in [1.165, 1.54) is 0 Å². The lowest BCUT2D eigenvalue weighted by Crippen LogP contribution is -2.19. The van der Waals surface area contributed by atoms with Gasteiger partial charge in [0.2, 0.25) is 0 Å². The Morgan fingerprint density at radius 1 is 0.655 bits per heavy atom. The molecule has 0 aliphatic heterocycles. The van der Waals surface area contributed by atoms with E-state index >= 15 is 0 Å². The van der Waals surface area contributed by atoms with Gasteiger partial charge in [0.15, 0.2) is 5.85 Å². The summed E-state index contributed by atoms with van der Waals surface area (Å²) in [5.74, 6) is -1.99. The number of hydrogen-bond acceptors (Lipinski definition) is 2. The van der Waals surface area contributed by atoms with E-state index in [-0.39, 0.29) is 0 Å². The molecule has 2 unspecified atom stereocenters. The van der Waals surface area contributed by atoms with E-state index in [1.807, 2.05) is 19.1 Å². The van der Waals surface area contributed by atoms with E-state index in [0.29, 0.717) is 12.8 Å². The molecule has 164 valence electrons. The SMILES string of the molecule is CC/C=C/C/C=C/C/C=C/C/C=C/C/C=C/C/C=C/CC(CC)C(O)P(=O)(O)O. The zero-order chi connectivity index (χ0) is 21.8. The molecule has 4 nitrogen and oxygen atoms in total. The van der Waals surface area contributed by atoms with Gasteiger partial charge in [0.05, 0.1) is 0 Å². The van der Waals surface area contributed by atoms with Gasteiger partial charge in [0.25, 0.3) is 0 Å². The highest BCUT2D eigenvalue weighted by molar-refractivity contribution is 7.52. The highest BCUT2D eigenvalue weighted by atomic mass is 31.2. The minimum atomic E-state index is -4.43. The van der Waals surface area contributed by atoms with Crippen LogP contribution in [0.4, 0.5) is 0 Å². The molecule has 29 heavy (non-hydrogen) atoms. The molecule has 3 N–H and O–H groups in total. The van der Waals surface area contributed by atoms with E-state index in [1.54, 1.807) is 0 Å². The summed E-state index contributed by atoms with van der Waals surface area (Å²) in [6, 6.07) is 0. The van der Waals surface area contributed by atoms with Gasteiger partial charge in [-0.2, -0.15) is 0 Å². The molecule has 0 rings (SSSR count). The van der Waals surface area contributed by atoms with Gasteiger partial charge in [0.1, 0.15) is 0 Å². The number of rotatable bonds is 16. The van der Waals surface area contributed by atoms with Gasteiger partial charge in [-0.3, -0.25) is 4.57 Å². The fraction of sp³-hybridized carbons (Fsp3) is 0.500. The van der Waals surface area contributed by atoms with Crippen molar-refractivity contribution in [1.29, 1.82) is 0 Å². The Labute approximate surface area is 177 Å². The Balaban J connectivity index is 3.85. The number of aliphatic hydroxyl groups excluding tert-OH is 1. The zero-order valence-electron chi connectivity index (χ0n) is 17.9. The second kappa shape index (κ2) is 18.6. The molecule has 0 radical (unpaired) electrons. The fourth-order valence-electron chi connectivity index (χ4n) is 2.57. The van der Waals surface area contributed by atoms with Crippen LogP contribution < -0.4 is 0 Å². The van der Waals surface area contributed by atoms with Crippen LogP contribution in [0.25, 0.3) is 0 Å². The van der Waals surface area contributed by atoms with E-state index in [4.69, 9.17) is 9.79 Å². The number of hydrogen-bond donors (Lipinski definition) is 3. The van der Waals surface area contributed by atoms with Crippen molar-refractivity contribution in [3.05, 3.63) is 72.9 Å². The Hall–Kier alpha value is -1.45. The first-order chi connectivity index (χ1) is 13.9. The summed E-state index contributed by atoms with van der Waals surface area (Å²) in [6.45, 7) is 3.96. The van der Waals surface area contributed by atoms with Crippen molar-refractivity contribution in [3.63, 3.8) is 0 Å². The van der Waals surface area contributed by atoms with Gasteiger partial charge in [0, 0.05) is 0 Å². The minimum Gasteiger partial charge on any atom is -0.380 e. The molecule has 0 amide bonds. The van der Waals surface area contributed by atoms with E-state index in [9.17, 15) is 9.67 Å². The molecule has 0 aliphatic carbocycles. The third kappa shape index (κ3) is 17.1. The Bertz CT molecular complexity index is 608. The summed E-state index contributed by atoms with van der Waals surface area (Å²) in [5.41, 5.74) is 0. The second-order valence-corrected chi connectivity index (χ2v) is 8.53. The Morgan fingerprint density at radius 2 is 1.00 bits per heavy atom. The lowest BCUT2D eigenvalue weighted by Gasteiger charge is -2.20. The van der Waals surface area contributed by atoms with Gasteiger partial charge >= 0.3 is 7.60 Å². The summed E-state index contributed by atoms with van der Waals surface area (Å²) in [6.07, 6.45) is 32.1. The summed E-state index contributed by atoms with van der Waals surface area (Å²) >= 11 is 0. The Kier molecular flexibility index (Phi) is 17.6. The van der Waals surface area contributed by atoms with Crippen LogP contribution in [0.3, 0.4) is 0 Å². The van der Waals surface area contributed by atoms with Crippen LogP contribution in [0, 0.1) is 5.92 Å². The molecular weight excluding hydrogens is 383 g/mol. The van der Waals surface area contributed by atoms with Crippen LogP contribution in [0.15, 0.2) is 72.9 Å². The maximum Gasteiger partial charge on any atom is 0.354 e. The standard InChI is InChI=1S/C24H39O4P/c1-3-5-6-7-8-9-10-11-12-13-14-15-16-17-18-19-20-21-22-23(4-2)24(25)29(26,27)28/h5-6,8-9,11-12,14-15,17-18,20-21,23-25H,3-4,7,10,13,16,19,22H2,1-2H3,(H2,26,27,28)/b6-5+,9-8+,12-11+,15-14+,18-17+,21-20+. The summed E-state index contributed by atoms with van der Waals surface area (Å²) < 4.78 is 11.1. The molecule has 0 aromatic heterocycles. The highest BCUT2D eigenvalue weighted by Crippen LogP contribution is 2.45.